The van der Waals surface area contributed by atoms with Crippen LogP contribution >= 0.6 is 42.8 Å². The number of hydrogen-bond donors (Lipinski definition) is 5. The van der Waals surface area contributed by atoms with Gasteiger partial charge < -0.3 is 25.0 Å². The van der Waals surface area contributed by atoms with E-state index in [1.54, 1.807) is 16.6 Å². The van der Waals surface area contributed by atoms with Gasteiger partial charge in [-0.25, -0.2) is 18.3 Å². The zero-order valence-corrected chi connectivity index (χ0v) is 23.5. The minimum atomic E-state index is -4.72. The highest BCUT2D eigenvalue weighted by atomic mass is 32.2. The highest BCUT2D eigenvalue weighted by Crippen LogP contribution is 2.41. The van der Waals surface area contributed by atoms with Crippen molar-refractivity contribution in [3.8, 4) is 0 Å². The molecule has 1 saturated heterocycles. The molecule has 2 aromatic heterocycles. The second kappa shape index (κ2) is 12.4. The molecule has 0 saturated carbocycles. The summed E-state index contributed by atoms with van der Waals surface area (Å²) in [6.45, 7) is -1.41. The van der Waals surface area contributed by atoms with Gasteiger partial charge in [0.25, 0.3) is 18.7 Å². The third-order valence-electron chi connectivity index (χ3n) is 5.21. The summed E-state index contributed by atoms with van der Waals surface area (Å²) in [5, 5.41) is 18.0. The molecule has 4 heterocycles. The van der Waals surface area contributed by atoms with Crippen molar-refractivity contribution < 1.29 is 47.6 Å². The monoisotopic (exact) mass is 632 g/mol. The Morgan fingerprint density at radius 2 is 2.12 bits per heavy atom. The lowest BCUT2D eigenvalue weighted by molar-refractivity contribution is -0.671. The number of anilines is 1. The predicted octanol–water partition coefficient (Wildman–Crippen LogP) is 0.559. The minimum absolute atomic E-state index is 0.209. The Bertz CT molecular complexity index is 1460. The number of carboxylic acid groups (broad SMARTS) is 1. The highest BCUT2D eigenvalue weighted by molar-refractivity contribution is 8.02. The fourth-order valence-corrected chi connectivity index (χ4v) is 6.74. The fraction of sp³-hybridized carbons (Fsp3) is 0.250. The number of carboxylic acids is 1. The number of carbonyl (C=O) groups excluding carboxylic acids is 2. The number of amides is 2. The fourth-order valence-electron chi connectivity index (χ4n) is 3.50. The molecule has 5 N–H and O–H groups in total. The topological polar surface area (TPSA) is 208 Å². The number of pyridine rings is 1. The van der Waals surface area contributed by atoms with Crippen LogP contribution in [0, 0.1) is 0 Å². The molecule has 0 spiro atoms. The SMILES string of the molecule is C[n+]1ccc(S/C=C/C2=C(C(=O)O)N3C(=O)[C@@H](NC(=O)/C(=N\OCF)c4nsc(NP(=O)(O)O)n4)[C@H]3SC2)cc1. The first-order valence-corrected chi connectivity index (χ1v) is 15.2. The molecule has 0 aliphatic carbocycles. The Labute approximate surface area is 237 Å². The summed E-state index contributed by atoms with van der Waals surface area (Å²) in [6, 6.07) is 2.64. The van der Waals surface area contributed by atoms with E-state index in [9.17, 15) is 28.4 Å². The van der Waals surface area contributed by atoms with E-state index in [2.05, 4.69) is 24.7 Å². The molecule has 2 atom stereocenters. The smallest absolute Gasteiger partial charge is 0.429 e. The van der Waals surface area contributed by atoms with E-state index >= 15 is 0 Å². The van der Waals surface area contributed by atoms with Crippen LogP contribution < -0.4 is 15.0 Å². The number of hydrogen-bond acceptors (Lipinski definition) is 11. The van der Waals surface area contributed by atoms with Crippen molar-refractivity contribution in [3.63, 3.8) is 0 Å². The first-order chi connectivity index (χ1) is 19.0. The maximum Gasteiger partial charge on any atom is 0.429 e. The van der Waals surface area contributed by atoms with Crippen LogP contribution in [0.2, 0.25) is 0 Å². The minimum Gasteiger partial charge on any atom is -0.477 e. The molecule has 15 nitrogen and oxygen atoms in total. The number of rotatable bonds is 11. The van der Waals surface area contributed by atoms with Gasteiger partial charge in [-0.05, 0) is 17.1 Å². The van der Waals surface area contributed by atoms with E-state index in [1.165, 1.54) is 23.5 Å². The van der Waals surface area contributed by atoms with Gasteiger partial charge in [-0.15, -0.1) is 11.8 Å². The number of alkyl halides is 1. The molecule has 212 valence electrons. The van der Waals surface area contributed by atoms with Gasteiger partial charge in [0.15, 0.2) is 12.4 Å². The van der Waals surface area contributed by atoms with E-state index in [1.807, 2.05) is 36.1 Å². The summed E-state index contributed by atoms with van der Waals surface area (Å²) in [7, 11) is -2.84. The number of nitrogens with one attached hydrogen (secondary N) is 2. The second-order valence-electron chi connectivity index (χ2n) is 7.92. The van der Waals surface area contributed by atoms with Gasteiger partial charge in [-0.2, -0.15) is 9.36 Å². The molecule has 4 rings (SSSR count). The first-order valence-electron chi connectivity index (χ1n) is 10.9. The summed E-state index contributed by atoms with van der Waals surface area (Å²) in [5.74, 6) is -3.27. The van der Waals surface area contributed by atoms with Gasteiger partial charge in [-0.3, -0.25) is 19.6 Å². The van der Waals surface area contributed by atoms with Gasteiger partial charge in [0, 0.05) is 34.3 Å². The molecule has 1 fully saturated rings. The number of allylic oxidation sites excluding steroid dienone is 1. The Kier molecular flexibility index (Phi) is 9.22. The van der Waals surface area contributed by atoms with Gasteiger partial charge >= 0.3 is 13.7 Å². The van der Waals surface area contributed by atoms with Gasteiger partial charge in [0.2, 0.25) is 16.7 Å². The zero-order valence-electron chi connectivity index (χ0n) is 20.2. The number of carbonyl (C=O) groups is 3. The van der Waals surface area contributed by atoms with E-state index in [0.717, 1.165) is 9.80 Å². The summed E-state index contributed by atoms with van der Waals surface area (Å²) < 4.78 is 29.3. The maximum atomic E-state index is 13.0. The lowest BCUT2D eigenvalue weighted by atomic mass is 10.0. The number of aryl methyl sites for hydroxylation is 1. The Morgan fingerprint density at radius 3 is 2.77 bits per heavy atom. The summed E-state index contributed by atoms with van der Waals surface area (Å²) in [6.07, 6.45) is 5.36. The van der Waals surface area contributed by atoms with E-state index in [-0.39, 0.29) is 16.6 Å². The molecule has 40 heavy (non-hydrogen) atoms. The molecule has 0 aromatic carbocycles. The molecule has 0 radical (unpaired) electrons. The van der Waals surface area contributed by atoms with Crippen molar-refractivity contribution >= 4 is 71.4 Å². The third kappa shape index (κ3) is 6.86. The van der Waals surface area contributed by atoms with Crippen molar-refractivity contribution in [1.82, 2.24) is 19.6 Å². The molecule has 2 amide bonds. The number of oxime groups is 1. The first kappa shape index (κ1) is 29.6. The van der Waals surface area contributed by atoms with E-state index in [0.29, 0.717) is 17.1 Å². The van der Waals surface area contributed by atoms with Crippen molar-refractivity contribution in [2.75, 3.05) is 17.7 Å². The number of thioether (sulfide) groups is 2. The Hall–Kier alpha value is -3.35. The average Bonchev–Trinajstić information content (AvgIpc) is 3.34. The summed E-state index contributed by atoms with van der Waals surface area (Å²) in [4.78, 5) is 66.0. The maximum absolute atomic E-state index is 13.0. The van der Waals surface area contributed by atoms with Gasteiger partial charge in [0.05, 0.1) is 0 Å². The lowest BCUT2D eigenvalue weighted by Gasteiger charge is -2.49. The summed E-state index contributed by atoms with van der Waals surface area (Å²) >= 11 is 3.09. The number of aromatic nitrogens is 3. The second-order valence-corrected chi connectivity index (χ2v) is 12.1. The van der Waals surface area contributed by atoms with Gasteiger partial charge in [-0.1, -0.05) is 16.9 Å². The Balaban J connectivity index is 1.48. The van der Waals surface area contributed by atoms with Crippen molar-refractivity contribution in [1.29, 1.82) is 0 Å². The molecule has 0 bridgehead atoms. The van der Waals surface area contributed by atoms with Crippen LogP contribution in [0.15, 0.2) is 57.3 Å². The number of nitrogens with zero attached hydrogens (tertiary/aromatic N) is 5. The van der Waals surface area contributed by atoms with Crippen LogP contribution in [0.3, 0.4) is 0 Å². The van der Waals surface area contributed by atoms with Crippen molar-refractivity contribution in [2.24, 2.45) is 12.2 Å². The number of β-lactam (4-membered cyclic amide) rings is 1. The van der Waals surface area contributed by atoms with Crippen LogP contribution in [0.4, 0.5) is 9.52 Å². The quantitative estimate of drug-likeness (QED) is 0.0574. The van der Waals surface area contributed by atoms with E-state index < -0.39 is 55.3 Å². The molecule has 20 heteroatoms. The highest BCUT2D eigenvalue weighted by Gasteiger charge is 2.54. The molecular weight excluding hydrogens is 612 g/mol. The van der Waals surface area contributed by atoms with Crippen molar-refractivity contribution in [2.45, 2.75) is 16.3 Å². The summed E-state index contributed by atoms with van der Waals surface area (Å²) in [5.41, 5.74) is -0.459. The van der Waals surface area contributed by atoms with E-state index in [4.69, 9.17) is 9.79 Å². The standard InChI is InChI=1S/C20H19FN7O8PS3/c1-27-5-2-11(3-6-27)38-7-4-10-8-39-18-13(17(30)28(18)14(10)19(31)32)22-16(29)12(24-36-9-21)15-23-20(40-26-15)25-37(33,34)35/h2-7,13,18H,8-9H2,1H3,(H4-,22,23,25,26,29,31,32,33,34,35)/p+1/b7-4+,24-12-/t13-,18-/m1/s1. The number of fused-ring (bicyclic) bond motifs is 1. The predicted molar refractivity (Wildman–Crippen MR) is 141 cm³/mol. The zero-order chi connectivity index (χ0) is 29.0. The molecule has 2 aromatic rings. The van der Waals surface area contributed by atoms with Gasteiger partial charge in [0.1, 0.15) is 24.2 Å². The van der Waals surface area contributed by atoms with Crippen LogP contribution in [0.1, 0.15) is 5.82 Å². The molecule has 0 unspecified atom stereocenters. The number of aliphatic carboxylic acids is 1. The lowest BCUT2D eigenvalue weighted by Crippen LogP contribution is -2.71. The van der Waals surface area contributed by atoms with Crippen LogP contribution in [-0.2, 0) is 30.8 Å². The van der Waals surface area contributed by atoms with Crippen LogP contribution in [0.5, 0.6) is 0 Å². The van der Waals surface area contributed by atoms with Crippen LogP contribution in [-0.4, -0.2) is 76.7 Å². The Morgan fingerprint density at radius 1 is 1.40 bits per heavy atom. The third-order valence-corrected chi connectivity index (χ3v) is 8.61. The largest absolute Gasteiger partial charge is 0.477 e. The van der Waals surface area contributed by atoms with Crippen molar-refractivity contribution in [3.05, 3.63) is 53.1 Å². The normalized spacial score (nSPS) is 19.4. The molecule has 2 aliphatic rings. The molecular formula is C20H20FN7O8PS3+. The average molecular weight is 633 g/mol. The molecule has 2 aliphatic heterocycles. The number of halogens is 1. The van der Waals surface area contributed by atoms with Crippen LogP contribution in [0.25, 0.3) is 0 Å².